The summed E-state index contributed by atoms with van der Waals surface area (Å²) in [5.74, 6) is 0. The molecule has 2 aliphatic heterocycles. The van der Waals surface area contributed by atoms with Crippen LogP contribution in [-0.4, -0.2) is 6.71 Å². The highest BCUT2D eigenvalue weighted by Gasteiger charge is 2.43. The van der Waals surface area contributed by atoms with Crippen LogP contribution in [0.2, 0.25) is 0 Å². The van der Waals surface area contributed by atoms with Crippen molar-refractivity contribution in [3.05, 3.63) is 187 Å². The van der Waals surface area contributed by atoms with Crippen molar-refractivity contribution >= 4 is 88.7 Å². The zero-order valence-electron chi connectivity index (χ0n) is 30.6. The summed E-state index contributed by atoms with van der Waals surface area (Å²) in [6.45, 7) is 4.86. The molecule has 0 saturated carbocycles. The van der Waals surface area contributed by atoms with E-state index < -0.39 is 0 Å². The summed E-state index contributed by atoms with van der Waals surface area (Å²) in [5.41, 5.74) is 19.2. The minimum atomic E-state index is -0.0830. The molecule has 4 heteroatoms. The van der Waals surface area contributed by atoms with Crippen LogP contribution in [0.5, 0.6) is 0 Å². The third kappa shape index (κ3) is 4.26. The summed E-state index contributed by atoms with van der Waals surface area (Å²) in [7, 11) is 0. The Kier molecular flexibility index (Phi) is 6.40. The Labute approximate surface area is 325 Å². The second kappa shape index (κ2) is 11.3. The molecule has 9 aromatic rings. The molecule has 0 amide bonds. The maximum atomic E-state index is 2.52. The van der Waals surface area contributed by atoms with Crippen LogP contribution >= 0.6 is 11.3 Å². The summed E-state index contributed by atoms with van der Waals surface area (Å²) in [6, 6.07) is 65.8. The van der Waals surface area contributed by atoms with Gasteiger partial charge < -0.3 is 9.80 Å². The van der Waals surface area contributed by atoms with Gasteiger partial charge >= 0.3 is 0 Å². The van der Waals surface area contributed by atoms with E-state index in [4.69, 9.17) is 0 Å². The largest absolute Gasteiger partial charge is 0.311 e. The summed E-state index contributed by atoms with van der Waals surface area (Å²) in [4.78, 5) is 5.01. The van der Waals surface area contributed by atoms with Crippen molar-refractivity contribution in [1.29, 1.82) is 0 Å². The van der Waals surface area contributed by atoms with Crippen LogP contribution in [-0.2, 0) is 5.41 Å². The van der Waals surface area contributed by atoms with Gasteiger partial charge in [-0.25, -0.2) is 0 Å². The highest BCUT2D eigenvalue weighted by Crippen LogP contribution is 2.51. The molecular weight excluding hydrogens is 683 g/mol. The van der Waals surface area contributed by atoms with E-state index in [1.165, 1.54) is 98.4 Å². The van der Waals surface area contributed by atoms with Gasteiger partial charge in [-0.15, -0.1) is 11.3 Å². The maximum Gasteiger partial charge on any atom is 0.252 e. The molecule has 3 heterocycles. The highest BCUT2D eigenvalue weighted by molar-refractivity contribution is 7.26. The number of hydrogen-bond donors (Lipinski definition) is 0. The zero-order valence-corrected chi connectivity index (χ0v) is 31.4. The van der Waals surface area contributed by atoms with Gasteiger partial charge in [0.2, 0.25) is 0 Å². The van der Waals surface area contributed by atoms with Gasteiger partial charge in [0.05, 0.1) is 0 Å². The van der Waals surface area contributed by atoms with Crippen LogP contribution in [0.4, 0.5) is 34.1 Å². The van der Waals surface area contributed by atoms with Crippen molar-refractivity contribution in [1.82, 2.24) is 0 Å². The highest BCUT2D eigenvalue weighted by atomic mass is 32.1. The van der Waals surface area contributed by atoms with Crippen molar-refractivity contribution in [3.63, 3.8) is 0 Å². The predicted octanol–water partition coefficient (Wildman–Crippen LogP) is 12.1. The molecule has 258 valence electrons. The molecule has 55 heavy (non-hydrogen) atoms. The number of hydrogen-bond acceptors (Lipinski definition) is 3. The third-order valence-corrected chi connectivity index (χ3v) is 13.7. The zero-order chi connectivity index (χ0) is 36.4. The molecule has 2 nitrogen and oxygen atoms in total. The maximum absolute atomic E-state index is 2.52. The SMILES string of the molecule is CC1(C)c2ccccc2-c2ccc(N3c4ccccc4B4c5ccccc5N(c5ccc(-c6cccc7c6sc6ccccc67)cc5)c5cccc3c54)cc21. The second-order valence-electron chi connectivity index (χ2n) is 15.7. The van der Waals surface area contributed by atoms with Crippen LogP contribution in [0.1, 0.15) is 25.0 Å². The monoisotopic (exact) mass is 718 g/mol. The second-order valence-corrected chi connectivity index (χ2v) is 16.7. The molecule has 0 unspecified atom stereocenters. The average Bonchev–Trinajstić information content (AvgIpc) is 3.73. The van der Waals surface area contributed by atoms with E-state index in [1.807, 2.05) is 11.3 Å². The molecule has 0 N–H and O–H groups in total. The van der Waals surface area contributed by atoms with Crippen LogP contribution in [0.25, 0.3) is 42.4 Å². The van der Waals surface area contributed by atoms with Gasteiger partial charge in [0.1, 0.15) is 0 Å². The Morgan fingerprint density at radius 2 is 1.02 bits per heavy atom. The van der Waals surface area contributed by atoms with Crippen LogP contribution in [0.3, 0.4) is 0 Å². The Morgan fingerprint density at radius 1 is 0.455 bits per heavy atom. The van der Waals surface area contributed by atoms with Crippen molar-refractivity contribution in [2.75, 3.05) is 9.80 Å². The lowest BCUT2D eigenvalue weighted by molar-refractivity contribution is 0.660. The molecule has 1 aromatic heterocycles. The van der Waals surface area contributed by atoms with Gasteiger partial charge in [-0.3, -0.25) is 0 Å². The smallest absolute Gasteiger partial charge is 0.252 e. The molecule has 0 bridgehead atoms. The Balaban J connectivity index is 1.02. The first-order valence-electron chi connectivity index (χ1n) is 19.2. The van der Waals surface area contributed by atoms with Gasteiger partial charge in [0, 0.05) is 59.7 Å². The van der Waals surface area contributed by atoms with Gasteiger partial charge in [0.15, 0.2) is 0 Å². The topological polar surface area (TPSA) is 6.48 Å². The quantitative estimate of drug-likeness (QED) is 0.168. The number of thiophene rings is 1. The van der Waals surface area contributed by atoms with E-state index in [1.54, 1.807) is 0 Å². The Morgan fingerprint density at radius 3 is 1.80 bits per heavy atom. The lowest BCUT2D eigenvalue weighted by Gasteiger charge is -2.44. The molecule has 0 saturated heterocycles. The minimum Gasteiger partial charge on any atom is -0.311 e. The number of anilines is 6. The molecule has 0 spiro atoms. The molecule has 12 rings (SSSR count). The lowest BCUT2D eigenvalue weighted by Crippen LogP contribution is -2.61. The number of benzene rings is 8. The van der Waals surface area contributed by atoms with E-state index in [0.717, 1.165) is 5.69 Å². The van der Waals surface area contributed by atoms with E-state index in [-0.39, 0.29) is 12.1 Å². The standard InChI is InChI=1S/C51H35BN2S/c1-51(2)40-17-5-3-13-36(40)37-30-29-34(31-41(37)51)54-45-21-9-7-19-43(45)52-42-18-6-8-20-44(42)53(46-22-12-23-47(54)49(46)52)33-27-25-32(26-28-33)35-15-11-16-39-38-14-4-10-24-48(38)55-50(35)39/h3-31H,1-2H3. The van der Waals surface area contributed by atoms with Crippen LogP contribution in [0, 0.1) is 0 Å². The molecule has 8 aromatic carbocycles. The fraction of sp³-hybridized carbons (Fsp3) is 0.0588. The number of fused-ring (bicyclic) bond motifs is 10. The normalized spacial score (nSPS) is 14.4. The summed E-state index contributed by atoms with van der Waals surface area (Å²) < 4.78 is 2.68. The minimum absolute atomic E-state index is 0.0830. The summed E-state index contributed by atoms with van der Waals surface area (Å²) in [6.07, 6.45) is 0. The number of para-hydroxylation sites is 2. The molecule has 0 radical (unpaired) electrons. The van der Waals surface area contributed by atoms with Crippen LogP contribution < -0.4 is 26.2 Å². The van der Waals surface area contributed by atoms with E-state index in [0.29, 0.717) is 0 Å². The molecule has 0 atom stereocenters. The average molecular weight is 719 g/mol. The van der Waals surface area contributed by atoms with Crippen LogP contribution in [0.15, 0.2) is 176 Å². The molecule has 3 aliphatic rings. The van der Waals surface area contributed by atoms with Gasteiger partial charge in [-0.05, 0) is 104 Å². The first-order chi connectivity index (χ1) is 27.1. The van der Waals surface area contributed by atoms with Gasteiger partial charge in [0.25, 0.3) is 6.71 Å². The molecule has 1 aliphatic carbocycles. The van der Waals surface area contributed by atoms with E-state index >= 15 is 0 Å². The Hall–Kier alpha value is -6.36. The predicted molar refractivity (Wildman–Crippen MR) is 236 cm³/mol. The van der Waals surface area contributed by atoms with Crippen molar-refractivity contribution in [3.8, 4) is 22.3 Å². The fourth-order valence-corrected chi connectivity index (χ4v) is 11.2. The van der Waals surface area contributed by atoms with Gasteiger partial charge in [-0.1, -0.05) is 135 Å². The fourth-order valence-electron chi connectivity index (χ4n) is 9.99. The molecular formula is C51H35BN2S. The lowest BCUT2D eigenvalue weighted by atomic mass is 9.33. The number of rotatable bonds is 3. The first-order valence-corrected chi connectivity index (χ1v) is 20.0. The number of nitrogens with zero attached hydrogens (tertiary/aromatic N) is 2. The van der Waals surface area contributed by atoms with Crippen molar-refractivity contribution in [2.24, 2.45) is 0 Å². The van der Waals surface area contributed by atoms with Crippen molar-refractivity contribution in [2.45, 2.75) is 19.3 Å². The van der Waals surface area contributed by atoms with Crippen molar-refractivity contribution < 1.29 is 0 Å². The third-order valence-electron chi connectivity index (χ3n) is 12.5. The van der Waals surface area contributed by atoms with E-state index in [9.17, 15) is 0 Å². The summed E-state index contributed by atoms with van der Waals surface area (Å²) in [5, 5.41) is 2.66. The molecule has 0 fully saturated rings. The Bertz CT molecular complexity index is 3050. The summed E-state index contributed by atoms with van der Waals surface area (Å²) >= 11 is 1.89. The van der Waals surface area contributed by atoms with Gasteiger partial charge in [-0.2, -0.15) is 0 Å². The van der Waals surface area contributed by atoms with E-state index in [2.05, 4.69) is 200 Å². The first kappa shape index (κ1) is 31.0.